The third-order valence-corrected chi connectivity index (χ3v) is 5.99. The number of benzene rings is 2. The van der Waals surface area contributed by atoms with Gasteiger partial charge in [-0.25, -0.2) is 18.4 Å². The SMILES string of the molecule is CN1CCN(c2nc3ccccc3nc2NS(=O)(=O)c2ccccc2)CC1. The predicted molar refractivity (Wildman–Crippen MR) is 106 cm³/mol. The number of likely N-dealkylation sites (N-methyl/N-ethyl adjacent to an activating group) is 1. The maximum absolute atomic E-state index is 12.8. The molecule has 3 aromatic rings. The van der Waals surface area contributed by atoms with E-state index in [4.69, 9.17) is 4.98 Å². The van der Waals surface area contributed by atoms with Gasteiger partial charge in [0.15, 0.2) is 11.6 Å². The Kier molecular flexibility index (Phi) is 4.67. The lowest BCUT2D eigenvalue weighted by atomic mass is 10.3. The number of nitrogens with one attached hydrogen (secondary N) is 1. The summed E-state index contributed by atoms with van der Waals surface area (Å²) >= 11 is 0. The molecule has 0 spiro atoms. The Hall–Kier alpha value is -2.71. The van der Waals surface area contributed by atoms with Crippen molar-refractivity contribution in [1.82, 2.24) is 14.9 Å². The molecule has 0 saturated carbocycles. The minimum Gasteiger partial charge on any atom is -0.351 e. The van der Waals surface area contributed by atoms with Crippen LogP contribution in [0.25, 0.3) is 11.0 Å². The Labute approximate surface area is 158 Å². The molecule has 0 unspecified atom stereocenters. The van der Waals surface area contributed by atoms with Crippen molar-refractivity contribution in [2.75, 3.05) is 42.8 Å². The van der Waals surface area contributed by atoms with Gasteiger partial charge >= 0.3 is 0 Å². The molecule has 1 saturated heterocycles. The van der Waals surface area contributed by atoms with Crippen molar-refractivity contribution in [3.63, 3.8) is 0 Å². The first-order chi connectivity index (χ1) is 13.0. The molecule has 1 N–H and O–H groups in total. The van der Waals surface area contributed by atoms with Crippen molar-refractivity contribution in [2.45, 2.75) is 4.90 Å². The van der Waals surface area contributed by atoms with Crippen LogP contribution in [0.4, 0.5) is 11.6 Å². The number of nitrogens with zero attached hydrogens (tertiary/aromatic N) is 4. The van der Waals surface area contributed by atoms with E-state index in [0.717, 1.165) is 31.7 Å². The van der Waals surface area contributed by atoms with Crippen LogP contribution in [0.15, 0.2) is 59.5 Å². The molecule has 1 aromatic heterocycles. The highest BCUT2D eigenvalue weighted by atomic mass is 32.2. The Balaban J connectivity index is 1.77. The highest BCUT2D eigenvalue weighted by Crippen LogP contribution is 2.28. The summed E-state index contributed by atoms with van der Waals surface area (Å²) in [7, 11) is -1.67. The highest BCUT2D eigenvalue weighted by Gasteiger charge is 2.23. The molecule has 0 atom stereocenters. The molecule has 0 bridgehead atoms. The molecule has 7 nitrogen and oxygen atoms in total. The summed E-state index contributed by atoms with van der Waals surface area (Å²) in [5, 5.41) is 0. The van der Waals surface area contributed by atoms with Crippen molar-refractivity contribution < 1.29 is 8.42 Å². The molecule has 2 aromatic carbocycles. The van der Waals surface area contributed by atoms with E-state index in [1.807, 2.05) is 24.3 Å². The number of rotatable bonds is 4. The summed E-state index contributed by atoms with van der Waals surface area (Å²) in [6.45, 7) is 3.31. The Morgan fingerprint density at radius 1 is 0.852 bits per heavy atom. The quantitative estimate of drug-likeness (QED) is 0.744. The highest BCUT2D eigenvalue weighted by molar-refractivity contribution is 7.92. The maximum Gasteiger partial charge on any atom is 0.263 e. The van der Waals surface area contributed by atoms with Gasteiger partial charge in [0.2, 0.25) is 0 Å². The second kappa shape index (κ2) is 7.13. The van der Waals surface area contributed by atoms with Crippen LogP contribution in [0.2, 0.25) is 0 Å². The molecule has 8 heteroatoms. The predicted octanol–water partition coefficient (Wildman–Crippen LogP) is 2.18. The second-order valence-corrected chi connectivity index (χ2v) is 8.28. The van der Waals surface area contributed by atoms with E-state index in [1.54, 1.807) is 30.3 Å². The molecule has 140 valence electrons. The van der Waals surface area contributed by atoms with Crippen molar-refractivity contribution >= 4 is 32.7 Å². The third kappa shape index (κ3) is 3.72. The molecule has 4 rings (SSSR count). The number of fused-ring (bicyclic) bond motifs is 1. The minimum absolute atomic E-state index is 0.198. The van der Waals surface area contributed by atoms with E-state index < -0.39 is 10.0 Å². The average molecular weight is 383 g/mol. The lowest BCUT2D eigenvalue weighted by Gasteiger charge is -2.34. The zero-order chi connectivity index (χ0) is 18.9. The molecule has 1 fully saturated rings. The number of anilines is 2. The van der Waals surface area contributed by atoms with Gasteiger partial charge in [0.25, 0.3) is 10.0 Å². The molecule has 2 heterocycles. The molecule has 0 radical (unpaired) electrons. The lowest BCUT2D eigenvalue weighted by molar-refractivity contribution is 0.312. The van der Waals surface area contributed by atoms with E-state index >= 15 is 0 Å². The molecule has 1 aliphatic rings. The van der Waals surface area contributed by atoms with Gasteiger partial charge in [0.05, 0.1) is 15.9 Å². The van der Waals surface area contributed by atoms with Gasteiger partial charge in [-0.2, -0.15) is 0 Å². The minimum atomic E-state index is -3.74. The van der Waals surface area contributed by atoms with Crippen molar-refractivity contribution in [3.8, 4) is 0 Å². The summed E-state index contributed by atoms with van der Waals surface area (Å²) < 4.78 is 28.3. The first kappa shape index (κ1) is 17.7. The van der Waals surface area contributed by atoms with Gasteiger partial charge in [-0.3, -0.25) is 4.72 Å². The topological polar surface area (TPSA) is 78.4 Å². The lowest BCUT2D eigenvalue weighted by Crippen LogP contribution is -2.45. The van der Waals surface area contributed by atoms with E-state index in [0.29, 0.717) is 11.3 Å². The fourth-order valence-electron chi connectivity index (χ4n) is 3.08. The largest absolute Gasteiger partial charge is 0.351 e. The van der Waals surface area contributed by atoms with Gasteiger partial charge in [0, 0.05) is 26.2 Å². The molecular formula is C19H21N5O2S. The van der Waals surface area contributed by atoms with E-state index in [2.05, 4.69) is 26.6 Å². The van der Waals surface area contributed by atoms with Crippen molar-refractivity contribution in [3.05, 3.63) is 54.6 Å². The number of sulfonamides is 1. The second-order valence-electron chi connectivity index (χ2n) is 6.59. The normalized spacial score (nSPS) is 15.8. The first-order valence-electron chi connectivity index (χ1n) is 8.81. The van der Waals surface area contributed by atoms with E-state index in [-0.39, 0.29) is 10.7 Å². The number of hydrogen-bond donors (Lipinski definition) is 1. The molecule has 0 aliphatic carbocycles. The van der Waals surface area contributed by atoms with Gasteiger partial charge in [-0.15, -0.1) is 0 Å². The number of hydrogen-bond acceptors (Lipinski definition) is 6. The summed E-state index contributed by atoms with van der Waals surface area (Å²) in [5.74, 6) is 0.836. The number of para-hydroxylation sites is 2. The van der Waals surface area contributed by atoms with Crippen LogP contribution >= 0.6 is 0 Å². The van der Waals surface area contributed by atoms with Gasteiger partial charge < -0.3 is 9.80 Å². The smallest absolute Gasteiger partial charge is 0.263 e. The van der Waals surface area contributed by atoms with Crippen LogP contribution in [-0.4, -0.2) is 56.5 Å². The third-order valence-electron chi connectivity index (χ3n) is 4.64. The van der Waals surface area contributed by atoms with Crippen LogP contribution in [0.5, 0.6) is 0 Å². The van der Waals surface area contributed by atoms with Gasteiger partial charge in [0.1, 0.15) is 0 Å². The Morgan fingerprint density at radius 2 is 1.44 bits per heavy atom. The fourth-order valence-corrected chi connectivity index (χ4v) is 4.11. The van der Waals surface area contributed by atoms with Crippen LogP contribution in [0, 0.1) is 0 Å². The number of piperazine rings is 1. The summed E-state index contributed by atoms with van der Waals surface area (Å²) in [5.41, 5.74) is 1.40. The van der Waals surface area contributed by atoms with Crippen LogP contribution < -0.4 is 9.62 Å². The maximum atomic E-state index is 12.8. The monoisotopic (exact) mass is 383 g/mol. The van der Waals surface area contributed by atoms with Crippen molar-refractivity contribution in [1.29, 1.82) is 0 Å². The summed E-state index contributed by atoms with van der Waals surface area (Å²) in [6, 6.07) is 15.8. The first-order valence-corrected chi connectivity index (χ1v) is 10.3. The van der Waals surface area contributed by atoms with Gasteiger partial charge in [-0.1, -0.05) is 30.3 Å². The van der Waals surface area contributed by atoms with Gasteiger partial charge in [-0.05, 0) is 31.3 Å². The van der Waals surface area contributed by atoms with E-state index in [9.17, 15) is 8.42 Å². The Morgan fingerprint density at radius 3 is 2.11 bits per heavy atom. The van der Waals surface area contributed by atoms with E-state index in [1.165, 1.54) is 0 Å². The number of aromatic nitrogens is 2. The van der Waals surface area contributed by atoms with Crippen molar-refractivity contribution in [2.24, 2.45) is 0 Å². The molecule has 0 amide bonds. The summed E-state index contributed by atoms with van der Waals surface area (Å²) in [4.78, 5) is 13.8. The van der Waals surface area contributed by atoms with Crippen LogP contribution in [0.3, 0.4) is 0 Å². The molecule has 27 heavy (non-hydrogen) atoms. The Bertz CT molecular complexity index is 1050. The zero-order valence-corrected chi connectivity index (χ0v) is 15.9. The molecular weight excluding hydrogens is 362 g/mol. The van der Waals surface area contributed by atoms with Crippen LogP contribution in [0.1, 0.15) is 0 Å². The summed E-state index contributed by atoms with van der Waals surface area (Å²) in [6.07, 6.45) is 0. The standard InChI is InChI=1S/C19H21N5O2S/c1-23-11-13-24(14-12-23)19-18(20-16-9-5-6-10-17(16)21-19)22-27(25,26)15-7-3-2-4-8-15/h2-10H,11-14H2,1H3,(H,20,22). The van der Waals surface area contributed by atoms with Crippen LogP contribution in [-0.2, 0) is 10.0 Å². The fraction of sp³-hybridized carbons (Fsp3) is 0.263. The average Bonchev–Trinajstić information content (AvgIpc) is 2.69. The zero-order valence-electron chi connectivity index (χ0n) is 15.0. The molecule has 1 aliphatic heterocycles.